The van der Waals surface area contributed by atoms with Gasteiger partial charge in [-0.3, -0.25) is 9.69 Å². The third-order valence-corrected chi connectivity index (χ3v) is 4.53. The number of carbonyl (C=O) groups excluding carboxylic acids is 1. The molecule has 7 heteroatoms. The highest BCUT2D eigenvalue weighted by Crippen LogP contribution is 2.18. The second kappa shape index (κ2) is 6.85. The van der Waals surface area contributed by atoms with Crippen LogP contribution in [0.15, 0.2) is 29.2 Å². The molecule has 0 saturated carbocycles. The zero-order chi connectivity index (χ0) is 15.4. The average Bonchev–Trinajstić information content (AvgIpc) is 3.07. The minimum Gasteiger partial charge on any atom is -0.365 e. The van der Waals surface area contributed by atoms with Gasteiger partial charge in [-0.15, -0.1) is 11.3 Å². The Bertz CT molecular complexity index is 623. The highest BCUT2D eigenvalue weighted by atomic mass is 32.1. The Kier molecular flexibility index (Phi) is 4.65. The Labute approximate surface area is 133 Å². The number of hydrogen-bond donors (Lipinski definition) is 1. The molecule has 1 amide bonds. The lowest BCUT2D eigenvalue weighted by Crippen LogP contribution is -2.47. The van der Waals surface area contributed by atoms with E-state index in [2.05, 4.69) is 25.1 Å². The molecule has 0 aliphatic carbocycles. The van der Waals surface area contributed by atoms with Crippen LogP contribution in [0, 0.1) is 0 Å². The van der Waals surface area contributed by atoms with Crippen molar-refractivity contribution in [1.82, 2.24) is 14.9 Å². The number of piperazine rings is 1. The third kappa shape index (κ3) is 3.42. The highest BCUT2D eigenvalue weighted by Gasteiger charge is 2.21. The fraction of sp³-hybridized carbons (Fsp3) is 0.400. The van der Waals surface area contributed by atoms with Crippen molar-refractivity contribution in [3.63, 3.8) is 0 Å². The summed E-state index contributed by atoms with van der Waals surface area (Å²) in [5.74, 6) is 0.281. The number of primary amides is 1. The number of thiazole rings is 1. The SMILES string of the molecule is NC(=O)c1cccnc1N1CCN(CCc2cscn2)CC1. The van der Waals surface area contributed by atoms with E-state index in [0.717, 1.165) is 44.8 Å². The second-order valence-corrected chi connectivity index (χ2v) is 6.02. The molecule has 0 spiro atoms. The molecule has 3 rings (SSSR count). The summed E-state index contributed by atoms with van der Waals surface area (Å²) in [5, 5.41) is 2.10. The summed E-state index contributed by atoms with van der Waals surface area (Å²) in [7, 11) is 0. The predicted octanol–water partition coefficient (Wildman–Crippen LogP) is 1.00. The van der Waals surface area contributed by atoms with Crippen LogP contribution in [-0.4, -0.2) is 53.5 Å². The van der Waals surface area contributed by atoms with Gasteiger partial charge in [0.1, 0.15) is 5.82 Å². The summed E-state index contributed by atoms with van der Waals surface area (Å²) in [5.41, 5.74) is 8.96. The topological polar surface area (TPSA) is 75.4 Å². The van der Waals surface area contributed by atoms with Gasteiger partial charge in [-0.2, -0.15) is 0 Å². The Hall–Kier alpha value is -1.99. The largest absolute Gasteiger partial charge is 0.365 e. The average molecular weight is 317 g/mol. The van der Waals surface area contributed by atoms with Crippen LogP contribution in [-0.2, 0) is 6.42 Å². The maximum Gasteiger partial charge on any atom is 0.252 e. The first kappa shape index (κ1) is 14.9. The quantitative estimate of drug-likeness (QED) is 0.890. The fourth-order valence-corrected chi connectivity index (χ4v) is 3.25. The number of nitrogens with two attached hydrogens (primary N) is 1. The summed E-state index contributed by atoms with van der Waals surface area (Å²) in [6.07, 6.45) is 2.69. The van der Waals surface area contributed by atoms with Gasteiger partial charge in [0.25, 0.3) is 5.91 Å². The standard InChI is InChI=1S/C15H19N5OS/c16-14(21)13-2-1-4-17-15(13)20-8-6-19(7-9-20)5-3-12-10-22-11-18-12/h1-2,4,10-11H,3,5-9H2,(H2,16,21). The van der Waals surface area contributed by atoms with Crippen LogP contribution in [0.1, 0.15) is 16.1 Å². The van der Waals surface area contributed by atoms with E-state index in [-0.39, 0.29) is 0 Å². The molecule has 1 aliphatic rings. The predicted molar refractivity (Wildman–Crippen MR) is 87.2 cm³/mol. The van der Waals surface area contributed by atoms with Crippen LogP contribution in [0.5, 0.6) is 0 Å². The Morgan fingerprint density at radius 3 is 2.77 bits per heavy atom. The first-order valence-electron chi connectivity index (χ1n) is 7.33. The zero-order valence-electron chi connectivity index (χ0n) is 12.3. The number of hydrogen-bond acceptors (Lipinski definition) is 6. The molecule has 2 N–H and O–H groups in total. The molecule has 1 fully saturated rings. The molecule has 0 bridgehead atoms. The molecular formula is C15H19N5OS. The van der Waals surface area contributed by atoms with Crippen LogP contribution in [0.3, 0.4) is 0 Å². The van der Waals surface area contributed by atoms with E-state index >= 15 is 0 Å². The third-order valence-electron chi connectivity index (χ3n) is 3.89. The van der Waals surface area contributed by atoms with Crippen molar-refractivity contribution < 1.29 is 4.79 Å². The monoisotopic (exact) mass is 317 g/mol. The molecule has 3 heterocycles. The van der Waals surface area contributed by atoms with Gasteiger partial charge in [-0.1, -0.05) is 0 Å². The first-order valence-corrected chi connectivity index (χ1v) is 8.27. The van der Waals surface area contributed by atoms with Crippen molar-refractivity contribution in [2.75, 3.05) is 37.6 Å². The summed E-state index contributed by atoms with van der Waals surface area (Å²) >= 11 is 1.64. The molecule has 1 aliphatic heterocycles. The highest BCUT2D eigenvalue weighted by molar-refractivity contribution is 7.07. The van der Waals surface area contributed by atoms with E-state index in [9.17, 15) is 4.79 Å². The number of anilines is 1. The molecule has 1 saturated heterocycles. The summed E-state index contributed by atoms with van der Waals surface area (Å²) < 4.78 is 0. The zero-order valence-corrected chi connectivity index (χ0v) is 13.1. The van der Waals surface area contributed by atoms with Gasteiger partial charge < -0.3 is 10.6 Å². The van der Waals surface area contributed by atoms with Gasteiger partial charge in [0.15, 0.2) is 0 Å². The molecule has 0 unspecified atom stereocenters. The van der Waals surface area contributed by atoms with Crippen molar-refractivity contribution in [1.29, 1.82) is 0 Å². The second-order valence-electron chi connectivity index (χ2n) is 5.30. The Balaban J connectivity index is 1.56. The molecule has 2 aromatic rings. The lowest BCUT2D eigenvalue weighted by molar-refractivity contribution is 0.1000. The van der Waals surface area contributed by atoms with Crippen LogP contribution in [0.4, 0.5) is 5.82 Å². The van der Waals surface area contributed by atoms with Crippen LogP contribution in [0.25, 0.3) is 0 Å². The maximum absolute atomic E-state index is 11.5. The van der Waals surface area contributed by atoms with Crippen LogP contribution >= 0.6 is 11.3 Å². The number of rotatable bonds is 5. The van der Waals surface area contributed by atoms with Crippen molar-refractivity contribution in [2.45, 2.75) is 6.42 Å². The molecule has 6 nitrogen and oxygen atoms in total. The Morgan fingerprint density at radius 1 is 1.27 bits per heavy atom. The number of carbonyl (C=O) groups is 1. The van der Waals surface area contributed by atoms with Crippen molar-refractivity contribution in [3.8, 4) is 0 Å². The van der Waals surface area contributed by atoms with E-state index in [1.165, 1.54) is 0 Å². The van der Waals surface area contributed by atoms with Crippen LogP contribution in [0.2, 0.25) is 0 Å². The molecule has 0 radical (unpaired) electrons. The fourth-order valence-electron chi connectivity index (χ4n) is 2.66. The van der Waals surface area contributed by atoms with Gasteiger partial charge in [0.05, 0.1) is 16.8 Å². The minimum absolute atomic E-state index is 0.422. The number of amides is 1. The van der Waals surface area contributed by atoms with Crippen LogP contribution < -0.4 is 10.6 Å². The van der Waals surface area contributed by atoms with E-state index in [1.807, 2.05) is 5.51 Å². The van der Waals surface area contributed by atoms with Crippen molar-refractivity contribution in [3.05, 3.63) is 40.5 Å². The normalized spacial score (nSPS) is 15.9. The summed E-state index contributed by atoms with van der Waals surface area (Å²) in [6.45, 7) is 4.64. The van der Waals surface area contributed by atoms with Crippen molar-refractivity contribution >= 4 is 23.1 Å². The molecule has 116 valence electrons. The van der Waals surface area contributed by atoms with Gasteiger partial charge in [0.2, 0.25) is 0 Å². The lowest BCUT2D eigenvalue weighted by atomic mass is 10.2. The Morgan fingerprint density at radius 2 is 2.09 bits per heavy atom. The van der Waals surface area contributed by atoms with Crippen molar-refractivity contribution in [2.24, 2.45) is 5.73 Å². The van der Waals surface area contributed by atoms with E-state index in [4.69, 9.17) is 5.73 Å². The smallest absolute Gasteiger partial charge is 0.252 e. The van der Waals surface area contributed by atoms with Gasteiger partial charge in [-0.25, -0.2) is 9.97 Å². The number of pyridine rings is 1. The molecule has 0 aromatic carbocycles. The molecule has 0 atom stereocenters. The number of aromatic nitrogens is 2. The lowest BCUT2D eigenvalue weighted by Gasteiger charge is -2.35. The van der Waals surface area contributed by atoms with E-state index in [0.29, 0.717) is 11.4 Å². The van der Waals surface area contributed by atoms with E-state index < -0.39 is 5.91 Å². The summed E-state index contributed by atoms with van der Waals surface area (Å²) in [4.78, 5) is 24.7. The molecule has 2 aromatic heterocycles. The van der Waals surface area contributed by atoms with Gasteiger partial charge in [-0.05, 0) is 12.1 Å². The number of nitrogens with zero attached hydrogens (tertiary/aromatic N) is 4. The maximum atomic E-state index is 11.5. The molecular weight excluding hydrogens is 298 g/mol. The summed E-state index contributed by atoms with van der Waals surface area (Å²) in [6, 6.07) is 3.48. The van der Waals surface area contributed by atoms with Gasteiger partial charge in [0, 0.05) is 50.7 Å². The molecule has 22 heavy (non-hydrogen) atoms. The van der Waals surface area contributed by atoms with E-state index in [1.54, 1.807) is 29.7 Å². The minimum atomic E-state index is -0.422. The van der Waals surface area contributed by atoms with Gasteiger partial charge >= 0.3 is 0 Å². The first-order chi connectivity index (χ1) is 10.7.